The lowest BCUT2D eigenvalue weighted by Crippen LogP contribution is -2.35. The topological polar surface area (TPSA) is 87.3 Å². The first-order valence-corrected chi connectivity index (χ1v) is 12.2. The van der Waals surface area contributed by atoms with E-state index in [1.807, 2.05) is 74.5 Å². The molecular formula is C28H24N4O3S. The Hall–Kier alpha value is -4.17. The number of carbonyl (C=O) groups excluding carboxylic acids is 1. The maximum absolute atomic E-state index is 12.8. The molecule has 8 heteroatoms. The van der Waals surface area contributed by atoms with Crippen LogP contribution in [0, 0.1) is 12.3 Å². The molecule has 0 saturated carbocycles. The van der Waals surface area contributed by atoms with Crippen molar-refractivity contribution in [2.24, 2.45) is 10.1 Å². The summed E-state index contributed by atoms with van der Waals surface area (Å²) in [7, 11) is 1.57. The van der Waals surface area contributed by atoms with Crippen molar-refractivity contribution < 1.29 is 14.3 Å². The van der Waals surface area contributed by atoms with Crippen molar-refractivity contribution >= 4 is 39.8 Å². The third kappa shape index (κ3) is 4.67. The Morgan fingerprint density at radius 1 is 1.03 bits per heavy atom. The van der Waals surface area contributed by atoms with Crippen LogP contribution in [0.15, 0.2) is 88.5 Å². The Labute approximate surface area is 213 Å². The standard InChI is InChI=1S/C28H24N4O3S/c1-17-9-12-21(13-10-17)27-31-32-25(29)22(26(33)30-28(32)36-27)15-19-11-14-23(24(16-19)34-3)35-18(2)20-7-5-4-6-8-20/h4-16,18,29H,1-3H3/b22-15-,29-25?. The van der Waals surface area contributed by atoms with E-state index in [9.17, 15) is 4.79 Å². The van der Waals surface area contributed by atoms with Gasteiger partial charge in [-0.05, 0) is 54.9 Å². The van der Waals surface area contributed by atoms with Crippen LogP contribution in [0.25, 0.3) is 6.08 Å². The second-order valence-electron chi connectivity index (χ2n) is 8.37. The molecule has 36 heavy (non-hydrogen) atoms. The van der Waals surface area contributed by atoms with Crippen molar-refractivity contribution in [2.45, 2.75) is 20.0 Å². The summed E-state index contributed by atoms with van der Waals surface area (Å²) < 4.78 is 11.7. The van der Waals surface area contributed by atoms with E-state index in [0.29, 0.717) is 27.3 Å². The van der Waals surface area contributed by atoms with Gasteiger partial charge in [0.25, 0.3) is 5.91 Å². The second kappa shape index (κ2) is 9.83. The number of thioether (sulfide) groups is 1. The van der Waals surface area contributed by atoms with Gasteiger partial charge in [-0.15, -0.1) is 0 Å². The number of rotatable bonds is 6. The first-order valence-electron chi connectivity index (χ1n) is 11.4. The minimum atomic E-state index is -0.476. The molecule has 0 radical (unpaired) electrons. The lowest BCUT2D eigenvalue weighted by Gasteiger charge is -2.20. The molecule has 180 valence electrons. The van der Waals surface area contributed by atoms with E-state index in [2.05, 4.69) is 10.1 Å². The minimum absolute atomic E-state index is 0.0170. The van der Waals surface area contributed by atoms with Crippen LogP contribution in [-0.4, -0.2) is 34.1 Å². The van der Waals surface area contributed by atoms with Gasteiger partial charge in [0, 0.05) is 5.56 Å². The number of methoxy groups -OCH3 is 1. The summed E-state index contributed by atoms with van der Waals surface area (Å²) >= 11 is 1.28. The van der Waals surface area contributed by atoms with Crippen molar-refractivity contribution in [3.8, 4) is 11.5 Å². The van der Waals surface area contributed by atoms with Gasteiger partial charge in [-0.2, -0.15) is 15.1 Å². The maximum Gasteiger partial charge on any atom is 0.283 e. The zero-order valence-corrected chi connectivity index (χ0v) is 20.9. The van der Waals surface area contributed by atoms with Gasteiger partial charge >= 0.3 is 0 Å². The normalized spacial score (nSPS) is 17.0. The highest BCUT2D eigenvalue weighted by Crippen LogP contribution is 2.34. The molecule has 1 N–H and O–H groups in total. The van der Waals surface area contributed by atoms with Crippen LogP contribution in [0.3, 0.4) is 0 Å². The zero-order chi connectivity index (χ0) is 25.2. The number of nitrogens with one attached hydrogen (secondary N) is 1. The molecule has 0 aliphatic carbocycles. The summed E-state index contributed by atoms with van der Waals surface area (Å²) in [5, 5.41) is 15.7. The van der Waals surface area contributed by atoms with Gasteiger partial charge < -0.3 is 9.47 Å². The summed E-state index contributed by atoms with van der Waals surface area (Å²) in [6.07, 6.45) is 1.46. The molecule has 2 heterocycles. The van der Waals surface area contributed by atoms with Gasteiger partial charge in [0.15, 0.2) is 17.3 Å². The molecule has 0 bridgehead atoms. The Balaban J connectivity index is 1.39. The van der Waals surface area contributed by atoms with Crippen LogP contribution >= 0.6 is 11.8 Å². The molecule has 2 aliphatic heterocycles. The third-order valence-electron chi connectivity index (χ3n) is 5.82. The van der Waals surface area contributed by atoms with E-state index in [-0.39, 0.29) is 17.5 Å². The van der Waals surface area contributed by atoms with Gasteiger partial charge in [-0.25, -0.2) is 0 Å². The molecule has 0 spiro atoms. The fourth-order valence-electron chi connectivity index (χ4n) is 3.83. The molecule has 2 aliphatic rings. The van der Waals surface area contributed by atoms with Gasteiger partial charge in [0.1, 0.15) is 11.1 Å². The number of hydrogen-bond donors (Lipinski definition) is 1. The van der Waals surface area contributed by atoms with Crippen LogP contribution in [0.4, 0.5) is 0 Å². The molecule has 1 unspecified atom stereocenters. The molecule has 5 rings (SSSR count). The monoisotopic (exact) mass is 496 g/mol. The average Bonchev–Trinajstić information content (AvgIpc) is 3.32. The van der Waals surface area contributed by atoms with Crippen LogP contribution in [0.1, 0.15) is 35.3 Å². The van der Waals surface area contributed by atoms with Crippen LogP contribution < -0.4 is 9.47 Å². The van der Waals surface area contributed by atoms with Crippen LogP contribution in [0.2, 0.25) is 0 Å². The quantitative estimate of drug-likeness (QED) is 0.435. The minimum Gasteiger partial charge on any atom is -0.493 e. The third-order valence-corrected chi connectivity index (χ3v) is 6.78. The van der Waals surface area contributed by atoms with E-state index >= 15 is 0 Å². The second-order valence-corrected chi connectivity index (χ2v) is 9.33. The smallest absolute Gasteiger partial charge is 0.283 e. The number of nitrogens with zero attached hydrogens (tertiary/aromatic N) is 3. The van der Waals surface area contributed by atoms with Crippen molar-refractivity contribution in [3.05, 3.63) is 101 Å². The van der Waals surface area contributed by atoms with Crippen molar-refractivity contribution in [3.63, 3.8) is 0 Å². The fourth-order valence-corrected chi connectivity index (χ4v) is 4.72. The van der Waals surface area contributed by atoms with Gasteiger partial charge in [0.05, 0.1) is 12.7 Å². The number of carbonyl (C=O) groups is 1. The molecule has 0 saturated heterocycles. The van der Waals surface area contributed by atoms with Crippen molar-refractivity contribution in [2.75, 3.05) is 7.11 Å². The molecule has 1 amide bonds. The number of amides is 1. The molecule has 0 fully saturated rings. The molecule has 1 atom stereocenters. The number of fused-ring (bicyclic) bond motifs is 1. The first-order chi connectivity index (χ1) is 17.4. The van der Waals surface area contributed by atoms with Crippen molar-refractivity contribution in [1.29, 1.82) is 5.41 Å². The number of amidine groups is 2. The van der Waals surface area contributed by atoms with Crippen LogP contribution in [-0.2, 0) is 4.79 Å². The van der Waals surface area contributed by atoms with Gasteiger partial charge in [0.2, 0.25) is 5.17 Å². The Morgan fingerprint density at radius 2 is 1.78 bits per heavy atom. The number of hydrogen-bond acceptors (Lipinski definition) is 6. The lowest BCUT2D eigenvalue weighted by molar-refractivity contribution is -0.114. The Kier molecular flexibility index (Phi) is 6.43. The number of benzene rings is 3. The summed E-state index contributed by atoms with van der Waals surface area (Å²) in [4.78, 5) is 17.0. The Bertz CT molecular complexity index is 1430. The maximum atomic E-state index is 12.8. The average molecular weight is 497 g/mol. The van der Waals surface area contributed by atoms with E-state index in [1.54, 1.807) is 25.3 Å². The zero-order valence-electron chi connectivity index (χ0n) is 20.1. The number of hydrazone groups is 1. The molecule has 0 aromatic heterocycles. The predicted octanol–water partition coefficient (Wildman–Crippen LogP) is 5.81. The van der Waals surface area contributed by atoms with E-state index in [1.165, 1.54) is 16.8 Å². The SMILES string of the molecule is COc1cc(/C=C2/C(=N)N3N=C(c4ccc(C)cc4)SC3=NC2=O)ccc1OC(C)c1ccccc1. The molecule has 3 aromatic rings. The molecule has 7 nitrogen and oxygen atoms in total. The summed E-state index contributed by atoms with van der Waals surface area (Å²) in [5.74, 6) is 0.625. The highest BCUT2D eigenvalue weighted by atomic mass is 32.2. The van der Waals surface area contributed by atoms with E-state index in [0.717, 1.165) is 16.7 Å². The Morgan fingerprint density at radius 3 is 2.50 bits per heavy atom. The van der Waals surface area contributed by atoms with Crippen molar-refractivity contribution in [1.82, 2.24) is 5.01 Å². The predicted molar refractivity (Wildman–Crippen MR) is 144 cm³/mol. The highest BCUT2D eigenvalue weighted by molar-refractivity contribution is 8.27. The van der Waals surface area contributed by atoms with Gasteiger partial charge in [-0.1, -0.05) is 66.2 Å². The largest absolute Gasteiger partial charge is 0.493 e. The lowest BCUT2D eigenvalue weighted by atomic mass is 10.1. The molecular weight excluding hydrogens is 472 g/mol. The highest BCUT2D eigenvalue weighted by Gasteiger charge is 2.36. The number of aliphatic imine (C=N–C) groups is 1. The number of ether oxygens (including phenoxy) is 2. The van der Waals surface area contributed by atoms with E-state index in [4.69, 9.17) is 14.9 Å². The summed E-state index contributed by atoms with van der Waals surface area (Å²) in [5.41, 5.74) is 3.95. The van der Waals surface area contributed by atoms with E-state index < -0.39 is 5.91 Å². The summed E-state index contributed by atoms with van der Waals surface area (Å²) in [6.45, 7) is 3.99. The van der Waals surface area contributed by atoms with Crippen LogP contribution in [0.5, 0.6) is 11.5 Å². The molecule has 3 aromatic carbocycles. The summed E-state index contributed by atoms with van der Waals surface area (Å²) in [6, 6.07) is 23.3. The fraction of sp³-hybridized carbons (Fsp3) is 0.143. The number of aryl methyl sites for hydroxylation is 1. The first kappa shape index (κ1) is 23.6. The van der Waals surface area contributed by atoms with Gasteiger partial charge in [-0.3, -0.25) is 10.2 Å².